The van der Waals surface area contributed by atoms with E-state index in [-0.39, 0.29) is 5.91 Å². The van der Waals surface area contributed by atoms with Gasteiger partial charge >= 0.3 is 0 Å². The molecule has 0 fully saturated rings. The number of nitrogens with one attached hydrogen (secondary N) is 1. The van der Waals surface area contributed by atoms with Crippen LogP contribution in [0.1, 0.15) is 16.7 Å². The number of methoxy groups -OCH3 is 2. The van der Waals surface area contributed by atoms with Crippen LogP contribution >= 0.6 is 0 Å². The minimum Gasteiger partial charge on any atom is -0.493 e. The lowest BCUT2D eigenvalue weighted by molar-refractivity contribution is -0.117. The zero-order chi connectivity index (χ0) is 19.1. The van der Waals surface area contributed by atoms with Crippen molar-refractivity contribution < 1.29 is 14.3 Å². The summed E-state index contributed by atoms with van der Waals surface area (Å²) in [6.45, 7) is 5.17. The molecule has 0 aromatic heterocycles. The second-order valence-corrected chi connectivity index (χ2v) is 6.60. The molecule has 5 nitrogen and oxygen atoms in total. The number of anilines is 1. The van der Waals surface area contributed by atoms with Gasteiger partial charge in [0.05, 0.1) is 20.8 Å². The lowest BCUT2D eigenvalue weighted by atomic mass is 10.1. The van der Waals surface area contributed by atoms with Crippen molar-refractivity contribution in [2.45, 2.75) is 20.3 Å². The first-order chi connectivity index (χ1) is 12.4. The van der Waals surface area contributed by atoms with Gasteiger partial charge in [0.1, 0.15) is 0 Å². The maximum Gasteiger partial charge on any atom is 0.238 e. The van der Waals surface area contributed by atoms with Gasteiger partial charge in [-0.2, -0.15) is 0 Å². The van der Waals surface area contributed by atoms with Crippen molar-refractivity contribution in [3.8, 4) is 11.5 Å². The summed E-state index contributed by atoms with van der Waals surface area (Å²) in [4.78, 5) is 14.3. The number of ether oxygens (including phenoxy) is 2. The fourth-order valence-corrected chi connectivity index (χ4v) is 2.93. The smallest absolute Gasteiger partial charge is 0.238 e. The first-order valence-electron chi connectivity index (χ1n) is 8.69. The van der Waals surface area contributed by atoms with Crippen molar-refractivity contribution in [1.82, 2.24) is 4.90 Å². The molecule has 1 amide bonds. The molecule has 0 aliphatic heterocycles. The number of hydrogen-bond donors (Lipinski definition) is 1. The first-order valence-corrected chi connectivity index (χ1v) is 8.69. The van der Waals surface area contributed by atoms with Crippen LogP contribution in [0.4, 0.5) is 5.69 Å². The van der Waals surface area contributed by atoms with Crippen LogP contribution in [0.3, 0.4) is 0 Å². The summed E-state index contributed by atoms with van der Waals surface area (Å²) < 4.78 is 10.6. The van der Waals surface area contributed by atoms with Crippen molar-refractivity contribution in [3.63, 3.8) is 0 Å². The zero-order valence-corrected chi connectivity index (χ0v) is 16.3. The molecule has 2 aromatic rings. The van der Waals surface area contributed by atoms with Crippen LogP contribution in [0, 0.1) is 13.8 Å². The number of amides is 1. The average molecular weight is 356 g/mol. The van der Waals surface area contributed by atoms with Gasteiger partial charge in [0.2, 0.25) is 5.91 Å². The van der Waals surface area contributed by atoms with E-state index in [1.165, 1.54) is 0 Å². The summed E-state index contributed by atoms with van der Waals surface area (Å²) in [5, 5.41) is 2.97. The van der Waals surface area contributed by atoms with Crippen LogP contribution in [0.2, 0.25) is 0 Å². The number of likely N-dealkylation sites (N-methyl/N-ethyl adjacent to an activating group) is 1. The molecule has 0 radical (unpaired) electrons. The molecule has 1 N–H and O–H groups in total. The van der Waals surface area contributed by atoms with Crippen LogP contribution in [0.15, 0.2) is 36.4 Å². The van der Waals surface area contributed by atoms with E-state index < -0.39 is 0 Å². The van der Waals surface area contributed by atoms with Crippen molar-refractivity contribution >= 4 is 11.6 Å². The molecular formula is C21H28N2O3. The standard InChI is InChI=1S/C21H28N2O3/c1-15-10-16(2)12-18(11-15)22-21(24)14-23(3)9-8-17-6-7-19(25-4)20(13-17)26-5/h6-7,10-13H,8-9,14H2,1-5H3,(H,22,24). The summed E-state index contributed by atoms with van der Waals surface area (Å²) in [6, 6.07) is 11.9. The molecule has 0 bridgehead atoms. The van der Waals surface area contributed by atoms with Crippen LogP contribution in [0.25, 0.3) is 0 Å². The van der Waals surface area contributed by atoms with Gasteiger partial charge in [0.25, 0.3) is 0 Å². The summed E-state index contributed by atoms with van der Waals surface area (Å²) in [5.74, 6) is 1.43. The van der Waals surface area contributed by atoms with Gasteiger partial charge in [-0.05, 0) is 68.3 Å². The molecule has 0 saturated heterocycles. The molecule has 2 aromatic carbocycles. The highest BCUT2D eigenvalue weighted by Gasteiger charge is 2.09. The highest BCUT2D eigenvalue weighted by atomic mass is 16.5. The monoisotopic (exact) mass is 356 g/mol. The average Bonchev–Trinajstić information content (AvgIpc) is 2.58. The molecule has 0 atom stereocenters. The van der Waals surface area contributed by atoms with E-state index in [9.17, 15) is 4.79 Å². The van der Waals surface area contributed by atoms with Gasteiger partial charge in [-0.1, -0.05) is 12.1 Å². The van der Waals surface area contributed by atoms with Crippen molar-refractivity contribution in [2.24, 2.45) is 0 Å². The number of carbonyl (C=O) groups excluding carboxylic acids is 1. The molecular weight excluding hydrogens is 328 g/mol. The third-order valence-electron chi connectivity index (χ3n) is 4.15. The molecule has 0 saturated carbocycles. The molecule has 140 valence electrons. The van der Waals surface area contributed by atoms with E-state index in [1.54, 1.807) is 14.2 Å². The number of carbonyl (C=O) groups is 1. The van der Waals surface area contributed by atoms with Gasteiger partial charge in [-0.3, -0.25) is 9.69 Å². The SMILES string of the molecule is COc1ccc(CCN(C)CC(=O)Nc2cc(C)cc(C)c2)cc1OC. The minimum atomic E-state index is -0.00943. The zero-order valence-electron chi connectivity index (χ0n) is 16.3. The Labute approximate surface area is 155 Å². The summed E-state index contributed by atoms with van der Waals surface area (Å²) in [6.07, 6.45) is 0.827. The van der Waals surface area contributed by atoms with Crippen LogP contribution < -0.4 is 14.8 Å². The van der Waals surface area contributed by atoms with Crippen molar-refractivity contribution in [2.75, 3.05) is 39.7 Å². The quantitative estimate of drug-likeness (QED) is 0.787. The predicted octanol–water partition coefficient (Wildman–Crippen LogP) is 3.43. The lowest BCUT2D eigenvalue weighted by Gasteiger charge is -2.17. The highest BCUT2D eigenvalue weighted by molar-refractivity contribution is 5.92. The fraction of sp³-hybridized carbons (Fsp3) is 0.381. The molecule has 0 heterocycles. The Morgan fingerprint density at radius 3 is 2.27 bits per heavy atom. The Kier molecular flexibility index (Phi) is 7.04. The summed E-state index contributed by atoms with van der Waals surface area (Å²) in [5.41, 5.74) is 4.27. The second kappa shape index (κ2) is 9.25. The van der Waals surface area contributed by atoms with Crippen LogP contribution in [-0.4, -0.2) is 45.2 Å². The van der Waals surface area contributed by atoms with E-state index >= 15 is 0 Å². The number of nitrogens with zero attached hydrogens (tertiary/aromatic N) is 1. The molecule has 2 rings (SSSR count). The second-order valence-electron chi connectivity index (χ2n) is 6.60. The van der Waals surface area contributed by atoms with Gasteiger partial charge in [0, 0.05) is 12.2 Å². The molecule has 26 heavy (non-hydrogen) atoms. The Balaban J connectivity index is 1.86. The van der Waals surface area contributed by atoms with Crippen LogP contribution in [0.5, 0.6) is 11.5 Å². The van der Waals surface area contributed by atoms with Gasteiger partial charge in [-0.15, -0.1) is 0 Å². The molecule has 0 spiro atoms. The normalized spacial score (nSPS) is 10.7. The van der Waals surface area contributed by atoms with E-state index in [0.717, 1.165) is 46.8 Å². The van der Waals surface area contributed by atoms with Crippen molar-refractivity contribution in [1.29, 1.82) is 0 Å². The van der Waals surface area contributed by atoms with E-state index in [1.807, 2.05) is 56.1 Å². The Bertz CT molecular complexity index is 739. The number of hydrogen-bond acceptors (Lipinski definition) is 4. The summed E-state index contributed by atoms with van der Waals surface area (Å²) >= 11 is 0. The largest absolute Gasteiger partial charge is 0.493 e. The first kappa shape index (κ1) is 19.8. The van der Waals surface area contributed by atoms with Crippen LogP contribution in [-0.2, 0) is 11.2 Å². The van der Waals surface area contributed by atoms with Crippen molar-refractivity contribution in [3.05, 3.63) is 53.1 Å². The number of benzene rings is 2. The Morgan fingerprint density at radius 2 is 1.65 bits per heavy atom. The fourth-order valence-electron chi connectivity index (χ4n) is 2.93. The Morgan fingerprint density at radius 1 is 1.00 bits per heavy atom. The minimum absolute atomic E-state index is 0.00943. The van der Waals surface area contributed by atoms with Gasteiger partial charge in [-0.25, -0.2) is 0 Å². The number of rotatable bonds is 8. The van der Waals surface area contributed by atoms with Gasteiger partial charge < -0.3 is 14.8 Å². The maximum atomic E-state index is 12.3. The molecule has 5 heteroatoms. The predicted molar refractivity (Wildman–Crippen MR) is 105 cm³/mol. The summed E-state index contributed by atoms with van der Waals surface area (Å²) in [7, 11) is 5.20. The number of aryl methyl sites for hydroxylation is 2. The van der Waals surface area contributed by atoms with E-state index in [0.29, 0.717) is 6.54 Å². The molecule has 0 unspecified atom stereocenters. The maximum absolute atomic E-state index is 12.3. The lowest BCUT2D eigenvalue weighted by Crippen LogP contribution is -2.31. The highest BCUT2D eigenvalue weighted by Crippen LogP contribution is 2.27. The third kappa shape index (κ3) is 5.77. The molecule has 0 aliphatic carbocycles. The Hall–Kier alpha value is -2.53. The van der Waals surface area contributed by atoms with E-state index in [2.05, 4.69) is 11.4 Å². The topological polar surface area (TPSA) is 50.8 Å². The van der Waals surface area contributed by atoms with Gasteiger partial charge in [0.15, 0.2) is 11.5 Å². The van der Waals surface area contributed by atoms with E-state index in [4.69, 9.17) is 9.47 Å². The molecule has 0 aliphatic rings. The third-order valence-corrected chi connectivity index (χ3v) is 4.15.